The van der Waals surface area contributed by atoms with Gasteiger partial charge in [0.15, 0.2) is 5.78 Å². The molecule has 0 heterocycles. The van der Waals surface area contributed by atoms with Crippen molar-refractivity contribution < 1.29 is 14.3 Å². The Kier molecular flexibility index (Phi) is 8.96. The number of methoxy groups -OCH3 is 1. The van der Waals surface area contributed by atoms with Gasteiger partial charge in [-0.1, -0.05) is 32.2 Å². The zero-order valence-corrected chi connectivity index (χ0v) is 16.8. The largest absolute Gasteiger partial charge is 0.496 e. The summed E-state index contributed by atoms with van der Waals surface area (Å²) in [6, 6.07) is 5.04. The molecule has 0 fully saturated rings. The summed E-state index contributed by atoms with van der Waals surface area (Å²) in [6.45, 7) is 10.7. The van der Waals surface area contributed by atoms with Crippen LogP contribution in [0.15, 0.2) is 49.1 Å². The van der Waals surface area contributed by atoms with Crippen LogP contribution in [0.5, 0.6) is 5.75 Å². The third-order valence-corrected chi connectivity index (χ3v) is 4.44. The van der Waals surface area contributed by atoms with Gasteiger partial charge in [-0.15, -0.1) is 0 Å². The molecule has 1 unspecified atom stereocenters. The lowest BCUT2D eigenvalue weighted by atomic mass is 9.96. The molecule has 0 saturated heterocycles. The second-order valence-corrected chi connectivity index (χ2v) is 6.66. The van der Waals surface area contributed by atoms with Crippen molar-refractivity contribution in [2.75, 3.05) is 7.11 Å². The number of rotatable bonds is 12. The molecule has 28 heavy (non-hydrogen) atoms. The minimum atomic E-state index is -0.405. The van der Waals surface area contributed by atoms with Crippen molar-refractivity contribution in [2.24, 2.45) is 5.92 Å². The standard InChI is InChI=1S/C23H28N2O3/c1-6-20(25)15(2)8-7-9-16(3)21(26)12-10-18-11-13-22(28-5)19(14-18)23(27)17(4)24/h6,10-14,16,24-25H,1-2,7-9H2,3-5H3. The van der Waals surface area contributed by atoms with E-state index in [-0.39, 0.29) is 17.4 Å². The first-order chi connectivity index (χ1) is 13.2. The Balaban J connectivity index is 2.75. The minimum Gasteiger partial charge on any atom is -0.496 e. The minimum absolute atomic E-state index is 0.00339. The van der Waals surface area contributed by atoms with E-state index in [1.54, 1.807) is 24.3 Å². The Bertz CT molecular complexity index is 834. The summed E-state index contributed by atoms with van der Waals surface area (Å²) < 4.78 is 5.19. The van der Waals surface area contributed by atoms with Crippen LogP contribution in [0.1, 0.15) is 49.0 Å². The first kappa shape index (κ1) is 23.0. The number of ketones is 2. The van der Waals surface area contributed by atoms with Gasteiger partial charge in [-0.05, 0) is 61.6 Å². The highest BCUT2D eigenvalue weighted by Crippen LogP contribution is 2.22. The summed E-state index contributed by atoms with van der Waals surface area (Å²) in [5.74, 6) is -0.155. The molecule has 1 rings (SSSR count). The second-order valence-electron chi connectivity index (χ2n) is 6.66. The summed E-state index contributed by atoms with van der Waals surface area (Å²) in [6.07, 6.45) is 6.79. The van der Waals surface area contributed by atoms with Gasteiger partial charge in [-0.2, -0.15) is 0 Å². The number of carbonyl (C=O) groups is 2. The zero-order valence-electron chi connectivity index (χ0n) is 16.8. The van der Waals surface area contributed by atoms with Crippen LogP contribution < -0.4 is 4.74 Å². The van der Waals surface area contributed by atoms with Crippen molar-refractivity contribution in [2.45, 2.75) is 33.1 Å². The maximum Gasteiger partial charge on any atom is 0.209 e. The molecular formula is C23H28N2O3. The molecule has 1 aromatic carbocycles. The normalized spacial score (nSPS) is 11.7. The lowest BCUT2D eigenvalue weighted by molar-refractivity contribution is -0.117. The van der Waals surface area contributed by atoms with Crippen molar-refractivity contribution in [1.29, 1.82) is 10.8 Å². The fourth-order valence-electron chi connectivity index (χ4n) is 2.59. The first-order valence-electron chi connectivity index (χ1n) is 9.10. The van der Waals surface area contributed by atoms with Gasteiger partial charge in [0.05, 0.1) is 24.1 Å². The number of ether oxygens (including phenoxy) is 1. The molecule has 0 aliphatic heterocycles. The van der Waals surface area contributed by atoms with E-state index < -0.39 is 5.78 Å². The molecule has 0 aliphatic carbocycles. The molecule has 0 bridgehead atoms. The van der Waals surface area contributed by atoms with E-state index in [4.69, 9.17) is 15.6 Å². The third-order valence-electron chi connectivity index (χ3n) is 4.44. The number of hydrogen-bond acceptors (Lipinski definition) is 5. The van der Waals surface area contributed by atoms with Crippen molar-refractivity contribution in [1.82, 2.24) is 0 Å². The highest BCUT2D eigenvalue weighted by atomic mass is 16.5. The Morgan fingerprint density at radius 1 is 1.29 bits per heavy atom. The number of benzene rings is 1. The lowest BCUT2D eigenvalue weighted by Crippen LogP contribution is -2.11. The topological polar surface area (TPSA) is 91.1 Å². The van der Waals surface area contributed by atoms with E-state index >= 15 is 0 Å². The van der Waals surface area contributed by atoms with Gasteiger partial charge >= 0.3 is 0 Å². The molecule has 0 radical (unpaired) electrons. The molecule has 2 N–H and O–H groups in total. The molecule has 0 aliphatic rings. The fraction of sp³-hybridized carbons (Fsp3) is 0.304. The van der Waals surface area contributed by atoms with Gasteiger partial charge in [-0.3, -0.25) is 9.59 Å². The summed E-state index contributed by atoms with van der Waals surface area (Å²) in [4.78, 5) is 24.5. The molecule has 5 heteroatoms. The smallest absolute Gasteiger partial charge is 0.209 e. The Morgan fingerprint density at radius 3 is 2.54 bits per heavy atom. The molecule has 5 nitrogen and oxygen atoms in total. The maximum atomic E-state index is 12.3. The van der Waals surface area contributed by atoms with Crippen molar-refractivity contribution in [3.8, 4) is 5.75 Å². The molecule has 0 saturated carbocycles. The summed E-state index contributed by atoms with van der Waals surface area (Å²) in [5, 5.41) is 15.2. The number of allylic oxidation sites excluding steroid dienone is 3. The molecule has 0 aromatic heterocycles. The van der Waals surface area contributed by atoms with E-state index in [1.807, 2.05) is 6.92 Å². The Hall–Kier alpha value is -3.08. The highest BCUT2D eigenvalue weighted by molar-refractivity contribution is 6.44. The average Bonchev–Trinajstić information content (AvgIpc) is 2.69. The van der Waals surface area contributed by atoms with Crippen LogP contribution in [-0.2, 0) is 4.79 Å². The predicted octanol–water partition coefficient (Wildman–Crippen LogP) is 5.07. The fourth-order valence-corrected chi connectivity index (χ4v) is 2.59. The number of hydrogen-bond donors (Lipinski definition) is 2. The van der Waals surface area contributed by atoms with Crippen LogP contribution in [0.3, 0.4) is 0 Å². The Labute approximate surface area is 166 Å². The number of Topliss-reactive ketones (excluding diaryl/α,β-unsaturated/α-hetero) is 1. The number of carbonyl (C=O) groups excluding carboxylic acids is 2. The van der Waals surface area contributed by atoms with Crippen molar-refractivity contribution in [3.05, 3.63) is 60.2 Å². The lowest BCUT2D eigenvalue weighted by Gasteiger charge is -2.09. The maximum absolute atomic E-state index is 12.3. The van der Waals surface area contributed by atoms with Crippen LogP contribution in [0.4, 0.5) is 0 Å². The van der Waals surface area contributed by atoms with Crippen LogP contribution in [-0.4, -0.2) is 30.1 Å². The quantitative estimate of drug-likeness (QED) is 0.301. The van der Waals surface area contributed by atoms with Crippen LogP contribution >= 0.6 is 0 Å². The van der Waals surface area contributed by atoms with E-state index in [0.717, 1.165) is 12.0 Å². The van der Waals surface area contributed by atoms with E-state index in [1.165, 1.54) is 26.2 Å². The van der Waals surface area contributed by atoms with Gasteiger partial charge in [-0.25, -0.2) is 0 Å². The van der Waals surface area contributed by atoms with E-state index in [0.29, 0.717) is 35.4 Å². The predicted molar refractivity (Wildman–Crippen MR) is 115 cm³/mol. The van der Waals surface area contributed by atoms with Gasteiger partial charge in [0, 0.05) is 5.92 Å². The van der Waals surface area contributed by atoms with Gasteiger partial charge < -0.3 is 15.6 Å². The van der Waals surface area contributed by atoms with E-state index in [9.17, 15) is 9.59 Å². The Morgan fingerprint density at radius 2 is 1.96 bits per heavy atom. The molecule has 0 amide bonds. The van der Waals surface area contributed by atoms with Gasteiger partial charge in [0.25, 0.3) is 0 Å². The van der Waals surface area contributed by atoms with E-state index in [2.05, 4.69) is 13.2 Å². The zero-order chi connectivity index (χ0) is 21.3. The number of nitrogens with one attached hydrogen (secondary N) is 2. The second kappa shape index (κ2) is 10.9. The third kappa shape index (κ3) is 6.58. The summed E-state index contributed by atoms with van der Waals surface area (Å²) in [5.41, 5.74) is 1.99. The average molecular weight is 380 g/mol. The summed E-state index contributed by atoms with van der Waals surface area (Å²) >= 11 is 0. The molecule has 1 atom stereocenters. The first-order valence-corrected chi connectivity index (χ1v) is 9.10. The monoisotopic (exact) mass is 380 g/mol. The van der Waals surface area contributed by atoms with Crippen LogP contribution in [0.2, 0.25) is 0 Å². The summed E-state index contributed by atoms with van der Waals surface area (Å²) in [7, 11) is 1.47. The van der Waals surface area contributed by atoms with Crippen LogP contribution in [0, 0.1) is 16.7 Å². The molecule has 1 aromatic rings. The van der Waals surface area contributed by atoms with Gasteiger partial charge in [0.2, 0.25) is 5.78 Å². The highest BCUT2D eigenvalue weighted by Gasteiger charge is 2.15. The molecule has 148 valence electrons. The SMILES string of the molecule is C=CC(=N)C(=C)CCCC(C)C(=O)C=Cc1ccc(OC)c(C(=O)C(C)=N)c1. The molecule has 0 spiro atoms. The van der Waals surface area contributed by atoms with Crippen LogP contribution in [0.25, 0.3) is 6.08 Å². The molecular weight excluding hydrogens is 352 g/mol. The van der Waals surface area contributed by atoms with Crippen molar-refractivity contribution in [3.63, 3.8) is 0 Å². The van der Waals surface area contributed by atoms with Gasteiger partial charge in [0.1, 0.15) is 5.75 Å². The van der Waals surface area contributed by atoms with Crippen molar-refractivity contribution >= 4 is 29.1 Å².